The number of hydrogen-bond acceptors (Lipinski definition) is 7. The number of carbonyl (C=O) groups is 1. The van der Waals surface area contributed by atoms with E-state index in [9.17, 15) is 10.1 Å². The van der Waals surface area contributed by atoms with E-state index in [1.54, 1.807) is 18.1 Å². The first kappa shape index (κ1) is 16.6. The summed E-state index contributed by atoms with van der Waals surface area (Å²) in [5.41, 5.74) is 3.68. The predicted molar refractivity (Wildman–Crippen MR) is 98.8 cm³/mol. The number of carbonyl (C=O) groups excluding carboxylic acids is 1. The van der Waals surface area contributed by atoms with E-state index in [2.05, 4.69) is 26.6 Å². The summed E-state index contributed by atoms with van der Waals surface area (Å²) < 4.78 is 4.92. The van der Waals surface area contributed by atoms with Crippen molar-refractivity contribution in [1.29, 1.82) is 5.26 Å². The van der Waals surface area contributed by atoms with Gasteiger partial charge >= 0.3 is 0 Å². The number of aromatic amines is 1. The third-order valence-electron chi connectivity index (χ3n) is 5.74. The lowest BCUT2D eigenvalue weighted by Crippen LogP contribution is -2.41. The van der Waals surface area contributed by atoms with Crippen LogP contribution in [0.25, 0.3) is 11.0 Å². The van der Waals surface area contributed by atoms with Crippen LogP contribution in [0.15, 0.2) is 34.0 Å². The zero-order chi connectivity index (χ0) is 19.3. The first-order valence-corrected chi connectivity index (χ1v) is 9.14. The monoisotopic (exact) mass is 375 g/mol. The highest BCUT2D eigenvalue weighted by Gasteiger charge is 2.41. The van der Waals surface area contributed by atoms with Gasteiger partial charge in [-0.1, -0.05) is 12.1 Å². The summed E-state index contributed by atoms with van der Waals surface area (Å²) in [5, 5.41) is 25.2. The molecule has 2 aliphatic heterocycles. The van der Waals surface area contributed by atoms with Crippen LogP contribution in [0.3, 0.4) is 0 Å². The lowest BCUT2D eigenvalue weighted by Gasteiger charge is -2.35. The highest BCUT2D eigenvalue weighted by Crippen LogP contribution is 2.45. The van der Waals surface area contributed by atoms with Gasteiger partial charge in [0.1, 0.15) is 11.0 Å². The van der Waals surface area contributed by atoms with E-state index in [0.29, 0.717) is 29.8 Å². The normalized spacial score (nSPS) is 24.7. The number of nitriles is 1. The fourth-order valence-corrected chi connectivity index (χ4v) is 4.26. The molecule has 2 aliphatic rings. The van der Waals surface area contributed by atoms with Crippen molar-refractivity contribution in [2.75, 3.05) is 13.6 Å². The SMILES string of the molecule is CN1CCC(C2=Nc3[nH]ncc3C(c3cccc4nonc34)C2C#N)CC1=O. The number of likely N-dealkylation sites (tertiary alicyclic amines) is 1. The Morgan fingerprint density at radius 1 is 1.32 bits per heavy atom. The zero-order valence-corrected chi connectivity index (χ0v) is 15.2. The summed E-state index contributed by atoms with van der Waals surface area (Å²) in [6, 6.07) is 8.06. The number of aromatic nitrogens is 4. The molecule has 1 fully saturated rings. The van der Waals surface area contributed by atoms with Crippen LogP contribution in [0.5, 0.6) is 0 Å². The van der Waals surface area contributed by atoms with Crippen LogP contribution in [0.1, 0.15) is 29.9 Å². The molecule has 3 atom stereocenters. The number of piperidine rings is 1. The average molecular weight is 375 g/mol. The summed E-state index contributed by atoms with van der Waals surface area (Å²) in [6.07, 6.45) is 2.85. The molecular formula is C19H17N7O2. The summed E-state index contributed by atoms with van der Waals surface area (Å²) in [5.74, 6) is -0.191. The van der Waals surface area contributed by atoms with Gasteiger partial charge in [0.05, 0.1) is 18.2 Å². The van der Waals surface area contributed by atoms with E-state index in [4.69, 9.17) is 9.62 Å². The lowest BCUT2D eigenvalue weighted by atomic mass is 9.72. The maximum absolute atomic E-state index is 12.3. The van der Waals surface area contributed by atoms with Crippen LogP contribution in [0, 0.1) is 23.2 Å². The Bertz CT molecular complexity index is 1140. The van der Waals surface area contributed by atoms with Crippen molar-refractivity contribution >= 4 is 28.5 Å². The van der Waals surface area contributed by atoms with Gasteiger partial charge in [0.25, 0.3) is 0 Å². The Morgan fingerprint density at radius 2 is 2.21 bits per heavy atom. The fourth-order valence-electron chi connectivity index (χ4n) is 4.26. The van der Waals surface area contributed by atoms with Gasteiger partial charge in [-0.2, -0.15) is 10.4 Å². The van der Waals surface area contributed by atoms with Crippen molar-refractivity contribution in [2.24, 2.45) is 16.8 Å². The Kier molecular flexibility index (Phi) is 3.72. The Morgan fingerprint density at radius 3 is 3.04 bits per heavy atom. The van der Waals surface area contributed by atoms with Crippen molar-refractivity contribution in [2.45, 2.75) is 18.8 Å². The van der Waals surface area contributed by atoms with E-state index >= 15 is 0 Å². The molecule has 1 aromatic carbocycles. The van der Waals surface area contributed by atoms with Gasteiger partial charge in [-0.05, 0) is 28.4 Å². The molecular weight excluding hydrogens is 358 g/mol. The van der Waals surface area contributed by atoms with Crippen LogP contribution in [-0.4, -0.2) is 50.6 Å². The number of nitrogens with one attached hydrogen (secondary N) is 1. The van der Waals surface area contributed by atoms with Crippen LogP contribution >= 0.6 is 0 Å². The molecule has 3 aromatic rings. The highest BCUT2D eigenvalue weighted by molar-refractivity contribution is 5.99. The number of H-pyrrole nitrogens is 1. The molecule has 4 heterocycles. The van der Waals surface area contributed by atoms with Crippen LogP contribution < -0.4 is 0 Å². The van der Waals surface area contributed by atoms with Crippen LogP contribution in [0.2, 0.25) is 0 Å². The van der Waals surface area contributed by atoms with Gasteiger partial charge in [0, 0.05) is 43.1 Å². The topological polar surface area (TPSA) is 124 Å². The van der Waals surface area contributed by atoms with Crippen molar-refractivity contribution in [3.8, 4) is 6.07 Å². The van der Waals surface area contributed by atoms with E-state index in [1.165, 1.54) is 0 Å². The largest absolute Gasteiger partial charge is 0.346 e. The molecule has 1 amide bonds. The predicted octanol–water partition coefficient (Wildman–Crippen LogP) is 2.17. The quantitative estimate of drug-likeness (QED) is 0.732. The average Bonchev–Trinajstić information content (AvgIpc) is 3.37. The molecule has 140 valence electrons. The summed E-state index contributed by atoms with van der Waals surface area (Å²) in [4.78, 5) is 18.7. The van der Waals surface area contributed by atoms with E-state index < -0.39 is 5.92 Å². The Hall–Kier alpha value is -3.54. The number of fused-ring (bicyclic) bond motifs is 2. The van der Waals surface area contributed by atoms with Crippen molar-refractivity contribution in [3.05, 3.63) is 35.5 Å². The Labute approximate surface area is 160 Å². The molecule has 0 bridgehead atoms. The molecule has 0 saturated carbocycles. The number of aliphatic imine (C=N–C) groups is 1. The van der Waals surface area contributed by atoms with Crippen molar-refractivity contribution < 1.29 is 9.42 Å². The molecule has 2 aromatic heterocycles. The van der Waals surface area contributed by atoms with Crippen molar-refractivity contribution in [3.63, 3.8) is 0 Å². The smallest absolute Gasteiger partial charge is 0.222 e. The van der Waals surface area contributed by atoms with Gasteiger partial charge in [-0.15, -0.1) is 0 Å². The lowest BCUT2D eigenvalue weighted by molar-refractivity contribution is -0.132. The summed E-state index contributed by atoms with van der Waals surface area (Å²) in [7, 11) is 1.80. The number of hydrogen-bond donors (Lipinski definition) is 1. The molecule has 9 heteroatoms. The van der Waals surface area contributed by atoms with Gasteiger partial charge in [-0.3, -0.25) is 9.89 Å². The standard InChI is InChI=1S/C19H17N7O2/c1-26-6-5-10(7-15(26)27)17-12(8-20)16(13-9-21-23-19(13)22-17)11-3-2-4-14-18(11)25-28-24-14/h2-4,9-10,12,16H,5-7H2,1H3,(H,21,23). The maximum Gasteiger partial charge on any atom is 0.222 e. The maximum atomic E-state index is 12.3. The molecule has 9 nitrogen and oxygen atoms in total. The zero-order valence-electron chi connectivity index (χ0n) is 15.2. The van der Waals surface area contributed by atoms with E-state index in [1.807, 2.05) is 18.2 Å². The molecule has 0 spiro atoms. The minimum Gasteiger partial charge on any atom is -0.346 e. The number of amides is 1. The third kappa shape index (κ3) is 2.41. The molecule has 0 radical (unpaired) electrons. The summed E-state index contributed by atoms with van der Waals surface area (Å²) >= 11 is 0. The number of benzene rings is 1. The van der Waals surface area contributed by atoms with E-state index in [-0.39, 0.29) is 17.7 Å². The third-order valence-corrected chi connectivity index (χ3v) is 5.74. The minimum atomic E-state index is -0.520. The number of rotatable bonds is 2. The van der Waals surface area contributed by atoms with Gasteiger partial charge in [-0.25, -0.2) is 9.62 Å². The molecule has 1 N–H and O–H groups in total. The van der Waals surface area contributed by atoms with Crippen molar-refractivity contribution in [1.82, 2.24) is 25.4 Å². The second kappa shape index (κ2) is 6.27. The molecule has 3 unspecified atom stereocenters. The second-order valence-electron chi connectivity index (χ2n) is 7.28. The number of nitrogens with zero attached hydrogens (tertiary/aromatic N) is 6. The Balaban J connectivity index is 1.65. The van der Waals surface area contributed by atoms with Crippen LogP contribution in [-0.2, 0) is 4.79 Å². The second-order valence-corrected chi connectivity index (χ2v) is 7.28. The first-order chi connectivity index (χ1) is 13.7. The van der Waals surface area contributed by atoms with Gasteiger partial charge < -0.3 is 4.90 Å². The van der Waals surface area contributed by atoms with Gasteiger partial charge in [0.15, 0.2) is 5.82 Å². The van der Waals surface area contributed by atoms with Crippen LogP contribution in [0.4, 0.5) is 5.82 Å². The molecule has 0 aliphatic carbocycles. The molecule has 28 heavy (non-hydrogen) atoms. The minimum absolute atomic E-state index is 0.0677. The van der Waals surface area contributed by atoms with E-state index in [0.717, 1.165) is 23.3 Å². The summed E-state index contributed by atoms with van der Waals surface area (Å²) in [6.45, 7) is 0.657. The first-order valence-electron chi connectivity index (χ1n) is 9.14. The molecule has 1 saturated heterocycles. The highest BCUT2D eigenvalue weighted by atomic mass is 16.6. The molecule has 5 rings (SSSR count). The fraction of sp³-hybridized carbons (Fsp3) is 0.368. The van der Waals surface area contributed by atoms with Gasteiger partial charge in [0.2, 0.25) is 5.91 Å².